The van der Waals surface area contributed by atoms with E-state index in [1.54, 1.807) is 0 Å². The highest BCUT2D eigenvalue weighted by Crippen LogP contribution is 3.00. The maximum absolute atomic E-state index is 7.06. The van der Waals surface area contributed by atoms with Crippen molar-refractivity contribution in [2.75, 3.05) is 37.1 Å². The molecule has 4 nitrogen and oxygen atoms in total. The summed E-state index contributed by atoms with van der Waals surface area (Å²) in [5, 5.41) is 0. The van der Waals surface area contributed by atoms with Gasteiger partial charge in [-0.15, -0.1) is 8.88 Å². The number of hydrogen-bond donors (Lipinski definition) is 0. The van der Waals surface area contributed by atoms with Crippen molar-refractivity contribution in [2.24, 2.45) is 0 Å². The molecule has 0 amide bonds. The maximum atomic E-state index is 7.06. The molecule has 4 atom stereocenters. The lowest BCUT2D eigenvalue weighted by molar-refractivity contribution is 0.231. The summed E-state index contributed by atoms with van der Waals surface area (Å²) in [7, 11) is 9.01. The zero-order valence-electron chi connectivity index (χ0n) is 22.2. The summed E-state index contributed by atoms with van der Waals surface area (Å²) in [6.45, 7) is -4.40. The predicted octanol–water partition coefficient (Wildman–Crippen LogP) is 7.38. The Balaban J connectivity index is 1.71. The first-order valence-electron chi connectivity index (χ1n) is 13.6. The zero-order chi connectivity index (χ0) is 25.5. The van der Waals surface area contributed by atoms with Crippen molar-refractivity contribution in [1.29, 1.82) is 0 Å². The fourth-order valence-electron chi connectivity index (χ4n) is 7.02. The van der Waals surface area contributed by atoms with E-state index >= 15 is 0 Å². The third-order valence-electron chi connectivity index (χ3n) is 8.64. The van der Waals surface area contributed by atoms with Crippen LogP contribution in [0.3, 0.4) is 0 Å². The third-order valence-corrected chi connectivity index (χ3v) is 23.0. The molecule has 3 fully saturated rings. The lowest BCUT2D eigenvalue weighted by Gasteiger charge is -2.71. The number of nitrogens with zero attached hydrogens (tertiary/aromatic N) is 4. The largest absolute Gasteiger partial charge is 0.500 e. The molecule has 2 aliphatic carbocycles. The molecule has 0 bridgehead atoms. The molecule has 1 aliphatic heterocycles. The molecule has 3 aliphatic rings. The normalized spacial score (nSPS) is 35.2. The molecule has 2 aromatic carbocycles. The molecule has 0 N–H and O–H groups in total. The Hall–Kier alpha value is -0.480. The van der Waals surface area contributed by atoms with Crippen LogP contribution in [0, 0.1) is 0 Å². The Morgan fingerprint density at radius 2 is 0.917 bits per heavy atom. The summed E-state index contributed by atoms with van der Waals surface area (Å²) < 4.78 is 5.47. The van der Waals surface area contributed by atoms with Gasteiger partial charge in [0.25, 0.3) is 0 Å². The van der Waals surface area contributed by atoms with Gasteiger partial charge < -0.3 is 34.3 Å². The zero-order valence-corrected chi connectivity index (χ0v) is 25.7. The topological polar surface area (TPSA) is 13.0 Å². The molecule has 2 aromatic rings. The van der Waals surface area contributed by atoms with Crippen molar-refractivity contribution in [3.8, 4) is 0 Å². The molecule has 2 saturated carbocycles. The van der Waals surface area contributed by atoms with Crippen molar-refractivity contribution < 1.29 is 0 Å². The summed E-state index contributed by atoms with van der Waals surface area (Å²) in [5.74, 6) is 0. The number of benzene rings is 2. The van der Waals surface area contributed by atoms with Crippen molar-refractivity contribution >= 4 is 49.4 Å². The lowest BCUT2D eigenvalue weighted by atomic mass is 9.94. The van der Waals surface area contributed by atoms with Crippen molar-refractivity contribution in [1.82, 2.24) is 9.80 Å². The Kier molecular flexibility index (Phi) is 8.24. The smallest absolute Gasteiger partial charge is 0.162 e. The quantitative estimate of drug-likeness (QED) is 0.268. The summed E-state index contributed by atoms with van der Waals surface area (Å²) in [5.41, 5.74) is 3.44. The number of para-hydroxylation sites is 2. The summed E-state index contributed by atoms with van der Waals surface area (Å²) in [6, 6.07) is 23.1. The van der Waals surface area contributed by atoms with E-state index in [2.05, 4.69) is 108 Å². The van der Waals surface area contributed by atoms with E-state index < -0.39 is 13.5 Å². The van der Waals surface area contributed by atoms with Gasteiger partial charge in [0.15, 0.2) is 13.5 Å². The van der Waals surface area contributed by atoms with Gasteiger partial charge in [0.2, 0.25) is 0 Å². The molecule has 5 rings (SSSR count). The monoisotopic (exact) mass is 560 g/mol. The van der Waals surface area contributed by atoms with Gasteiger partial charge in [-0.05, 0) is 91.0 Å². The molecule has 0 spiro atoms. The van der Waals surface area contributed by atoms with Crippen LogP contribution >= 0.6 is 13.5 Å². The van der Waals surface area contributed by atoms with Gasteiger partial charge >= 0.3 is 0 Å². The molecule has 1 heterocycles. The van der Waals surface area contributed by atoms with E-state index in [-0.39, 0.29) is 0 Å². The van der Waals surface area contributed by atoms with Gasteiger partial charge in [-0.2, -0.15) is 0 Å². The first-order valence-corrected chi connectivity index (χ1v) is 19.1. The molecular weight excluding hydrogens is 518 g/mol. The lowest BCUT2D eigenvalue weighted by Crippen LogP contribution is -2.62. The van der Waals surface area contributed by atoms with Crippen molar-refractivity contribution in [2.45, 2.75) is 74.8 Å². The second-order valence-corrected chi connectivity index (χ2v) is 20.3. The van der Waals surface area contributed by atoms with E-state index in [0.29, 0.717) is 23.4 Å². The van der Waals surface area contributed by atoms with Crippen molar-refractivity contribution in [3.63, 3.8) is 0 Å². The second kappa shape index (κ2) is 10.9. The van der Waals surface area contributed by atoms with Crippen LogP contribution in [-0.2, 0) is 24.5 Å². The van der Waals surface area contributed by atoms with Gasteiger partial charge in [0.05, 0.1) is 0 Å². The highest BCUT2D eigenvalue weighted by Gasteiger charge is 2.76. The van der Waals surface area contributed by atoms with E-state index in [0.717, 1.165) is 0 Å². The second-order valence-electron chi connectivity index (χ2n) is 11.2. The SMILES string of the molecule is CN(C)[C@@H]1CCCC[C@@H]1[P+]1([S-])N(c2ccccc2)[P+]([S-])([C@H]2CCCC[C@H]2N(C)C)N1c1ccccc1. The van der Waals surface area contributed by atoms with Gasteiger partial charge in [-0.3, -0.25) is 0 Å². The predicted molar refractivity (Wildman–Crippen MR) is 166 cm³/mol. The van der Waals surface area contributed by atoms with Crippen LogP contribution < -0.4 is 8.88 Å². The Bertz CT molecular complexity index is 920. The Labute approximate surface area is 231 Å². The number of rotatable bonds is 6. The highest BCUT2D eigenvalue weighted by molar-refractivity contribution is 8.62. The van der Waals surface area contributed by atoms with Crippen LogP contribution in [0.25, 0.3) is 0 Å². The molecule has 1 saturated heterocycles. The molecule has 0 unspecified atom stereocenters. The van der Waals surface area contributed by atoms with Gasteiger partial charge in [0, 0.05) is 12.1 Å². The van der Waals surface area contributed by atoms with E-state index in [4.69, 9.17) is 24.5 Å². The Morgan fingerprint density at radius 1 is 0.583 bits per heavy atom. The third kappa shape index (κ3) is 4.42. The van der Waals surface area contributed by atoms with E-state index in [9.17, 15) is 0 Å². The van der Waals surface area contributed by atoms with E-state index in [1.165, 1.54) is 62.7 Å². The van der Waals surface area contributed by atoms with Gasteiger partial charge in [0.1, 0.15) is 22.7 Å². The standard InChI is InChI=1S/C28H42N4P2S2/c1-29(2)25-19-11-13-21-27(25)33(35)31(23-15-7-5-8-16-23)34(36,32(33)24-17-9-6-10-18-24)28-22-14-12-20-26(28)30(3)4/h5-10,15-18,25-28H,11-14,19-22H2,1-4H3/t25-,26-,27+,28+,33?,34?/m1/s1. The highest BCUT2D eigenvalue weighted by atomic mass is 32.7. The molecule has 0 aromatic heterocycles. The number of anilines is 2. The summed E-state index contributed by atoms with van der Waals surface area (Å²) in [4.78, 5) is 4.91. The van der Waals surface area contributed by atoms with Crippen LogP contribution in [0.15, 0.2) is 60.7 Å². The Morgan fingerprint density at radius 3 is 1.25 bits per heavy atom. The number of hydrogen-bond acceptors (Lipinski definition) is 6. The summed E-state index contributed by atoms with van der Waals surface area (Å²) in [6.07, 6.45) is 9.99. The molecule has 0 radical (unpaired) electrons. The van der Waals surface area contributed by atoms with Crippen LogP contribution in [0.5, 0.6) is 0 Å². The minimum Gasteiger partial charge on any atom is -0.500 e. The van der Waals surface area contributed by atoms with Gasteiger partial charge in [-0.25, -0.2) is 0 Å². The van der Waals surface area contributed by atoms with Crippen LogP contribution in [0.2, 0.25) is 0 Å². The first kappa shape index (κ1) is 27.1. The fourth-order valence-corrected chi connectivity index (χ4v) is 25.5. The average molecular weight is 561 g/mol. The molecular formula is C28H42N4P2S2. The van der Waals surface area contributed by atoms with Crippen molar-refractivity contribution in [3.05, 3.63) is 60.7 Å². The molecule has 36 heavy (non-hydrogen) atoms. The van der Waals surface area contributed by atoms with E-state index in [1.807, 2.05) is 0 Å². The maximum Gasteiger partial charge on any atom is 0.162 e. The fraction of sp³-hybridized carbons (Fsp3) is 0.571. The minimum atomic E-state index is -2.20. The molecule has 8 heteroatoms. The average Bonchev–Trinajstić information content (AvgIpc) is 2.89. The van der Waals surface area contributed by atoms with Gasteiger partial charge in [-0.1, -0.05) is 49.2 Å². The first-order chi connectivity index (χ1) is 17.3. The van der Waals surface area contributed by atoms with Crippen LogP contribution in [-0.4, -0.2) is 61.4 Å². The minimum absolute atomic E-state index is 0.453. The van der Waals surface area contributed by atoms with Crippen LogP contribution in [0.4, 0.5) is 11.4 Å². The molecule has 196 valence electrons. The summed E-state index contributed by atoms with van der Waals surface area (Å²) >= 11 is 14.1. The van der Waals surface area contributed by atoms with Crippen LogP contribution in [0.1, 0.15) is 51.4 Å².